The van der Waals surface area contributed by atoms with Crippen LogP contribution in [0, 0.1) is 0 Å². The molecule has 0 spiro atoms. The zero-order valence-electron chi connectivity index (χ0n) is 9.58. The van der Waals surface area contributed by atoms with Crippen molar-refractivity contribution in [1.29, 1.82) is 0 Å². The van der Waals surface area contributed by atoms with Gasteiger partial charge in [0.15, 0.2) is 0 Å². The van der Waals surface area contributed by atoms with Crippen LogP contribution in [0.1, 0.15) is 12.0 Å². The number of carbonyl (C=O) groups excluding carboxylic acids is 1. The number of carbonyl (C=O) groups is 1. The van der Waals surface area contributed by atoms with Crippen molar-refractivity contribution in [2.24, 2.45) is 0 Å². The minimum absolute atomic E-state index is 0.174. The SMILES string of the molecule is O=C(NCCCl)Nc1cccc(CCCO)c1. The van der Waals surface area contributed by atoms with Gasteiger partial charge in [0.1, 0.15) is 0 Å². The van der Waals surface area contributed by atoms with Crippen LogP contribution in [0.15, 0.2) is 24.3 Å². The fourth-order valence-electron chi connectivity index (χ4n) is 1.42. The van der Waals surface area contributed by atoms with Gasteiger partial charge in [-0.15, -0.1) is 11.6 Å². The second-order valence-electron chi connectivity index (χ2n) is 3.60. The van der Waals surface area contributed by atoms with E-state index in [-0.39, 0.29) is 12.6 Å². The Balaban J connectivity index is 2.50. The molecule has 0 aliphatic rings. The molecule has 4 nitrogen and oxygen atoms in total. The molecule has 0 radical (unpaired) electrons. The maximum Gasteiger partial charge on any atom is 0.319 e. The van der Waals surface area contributed by atoms with Gasteiger partial charge in [-0.05, 0) is 30.5 Å². The summed E-state index contributed by atoms with van der Waals surface area (Å²) in [6.07, 6.45) is 1.53. The second kappa shape index (κ2) is 7.92. The van der Waals surface area contributed by atoms with Gasteiger partial charge in [0.05, 0.1) is 0 Å². The molecule has 0 saturated heterocycles. The Bertz CT molecular complexity index is 358. The van der Waals surface area contributed by atoms with Gasteiger partial charge in [-0.1, -0.05) is 12.1 Å². The molecule has 17 heavy (non-hydrogen) atoms. The van der Waals surface area contributed by atoms with Crippen molar-refractivity contribution in [3.8, 4) is 0 Å². The summed E-state index contributed by atoms with van der Waals surface area (Å²) in [4.78, 5) is 11.4. The Hall–Kier alpha value is -1.26. The normalized spacial score (nSPS) is 10.0. The zero-order chi connectivity index (χ0) is 12.5. The molecular weight excluding hydrogens is 240 g/mol. The van der Waals surface area contributed by atoms with Crippen molar-refractivity contribution in [3.63, 3.8) is 0 Å². The molecule has 1 rings (SSSR count). The topological polar surface area (TPSA) is 61.4 Å². The number of aliphatic hydroxyl groups excluding tert-OH is 1. The Morgan fingerprint density at radius 2 is 2.24 bits per heavy atom. The van der Waals surface area contributed by atoms with E-state index in [0.717, 1.165) is 24.1 Å². The number of benzene rings is 1. The van der Waals surface area contributed by atoms with E-state index < -0.39 is 0 Å². The lowest BCUT2D eigenvalue weighted by molar-refractivity contribution is 0.252. The van der Waals surface area contributed by atoms with Crippen molar-refractivity contribution in [2.75, 3.05) is 24.3 Å². The van der Waals surface area contributed by atoms with E-state index in [1.54, 1.807) is 0 Å². The molecule has 0 atom stereocenters. The highest BCUT2D eigenvalue weighted by Gasteiger charge is 2.01. The fraction of sp³-hybridized carbons (Fsp3) is 0.417. The molecule has 5 heteroatoms. The van der Waals surface area contributed by atoms with E-state index in [4.69, 9.17) is 16.7 Å². The van der Waals surface area contributed by atoms with Crippen molar-refractivity contribution in [1.82, 2.24) is 5.32 Å². The summed E-state index contributed by atoms with van der Waals surface area (Å²) in [5.74, 6) is 0.393. The Morgan fingerprint density at radius 1 is 1.41 bits per heavy atom. The molecule has 1 aromatic carbocycles. The van der Waals surface area contributed by atoms with Crippen LogP contribution in [0.2, 0.25) is 0 Å². The van der Waals surface area contributed by atoms with Gasteiger partial charge in [0.2, 0.25) is 0 Å². The summed E-state index contributed by atoms with van der Waals surface area (Å²) < 4.78 is 0. The van der Waals surface area contributed by atoms with E-state index in [0.29, 0.717) is 12.4 Å². The van der Waals surface area contributed by atoms with E-state index in [1.165, 1.54) is 0 Å². The van der Waals surface area contributed by atoms with Gasteiger partial charge in [-0.25, -0.2) is 4.79 Å². The third-order valence-electron chi connectivity index (χ3n) is 2.19. The molecular formula is C12H17ClN2O2. The van der Waals surface area contributed by atoms with Crippen LogP contribution in [-0.2, 0) is 6.42 Å². The van der Waals surface area contributed by atoms with Crippen LogP contribution in [0.4, 0.5) is 10.5 Å². The number of aryl methyl sites for hydroxylation is 1. The number of nitrogens with one attached hydrogen (secondary N) is 2. The van der Waals surface area contributed by atoms with Crippen molar-refractivity contribution in [3.05, 3.63) is 29.8 Å². The monoisotopic (exact) mass is 256 g/mol. The average molecular weight is 257 g/mol. The fourth-order valence-corrected chi connectivity index (χ4v) is 1.52. The number of urea groups is 1. The molecule has 94 valence electrons. The average Bonchev–Trinajstić information content (AvgIpc) is 2.34. The first kappa shape index (κ1) is 13.8. The van der Waals surface area contributed by atoms with Gasteiger partial charge in [-0.2, -0.15) is 0 Å². The molecule has 3 N–H and O–H groups in total. The van der Waals surface area contributed by atoms with Crippen LogP contribution in [0.25, 0.3) is 0 Å². The van der Waals surface area contributed by atoms with E-state index in [2.05, 4.69) is 10.6 Å². The summed E-state index contributed by atoms with van der Waals surface area (Å²) in [6, 6.07) is 7.31. The molecule has 0 bridgehead atoms. The van der Waals surface area contributed by atoms with Gasteiger partial charge in [-0.3, -0.25) is 0 Å². The molecule has 0 aliphatic heterocycles. The molecule has 0 heterocycles. The van der Waals surface area contributed by atoms with Crippen LogP contribution in [-0.4, -0.2) is 30.2 Å². The number of halogens is 1. The predicted molar refractivity (Wildman–Crippen MR) is 69.6 cm³/mol. The lowest BCUT2D eigenvalue weighted by Gasteiger charge is -2.08. The number of hydrogen-bond donors (Lipinski definition) is 3. The number of amides is 2. The maximum atomic E-state index is 11.4. The Kier molecular flexibility index (Phi) is 6.43. The first-order chi connectivity index (χ1) is 8.26. The van der Waals surface area contributed by atoms with Crippen LogP contribution >= 0.6 is 11.6 Å². The zero-order valence-corrected chi connectivity index (χ0v) is 10.3. The summed E-state index contributed by atoms with van der Waals surface area (Å²) in [6.45, 7) is 0.617. The Morgan fingerprint density at radius 3 is 2.94 bits per heavy atom. The number of rotatable bonds is 6. The number of aliphatic hydroxyl groups is 1. The summed E-state index contributed by atoms with van der Waals surface area (Å²) in [5, 5.41) is 14.1. The molecule has 0 saturated carbocycles. The van der Waals surface area contributed by atoms with E-state index >= 15 is 0 Å². The first-order valence-corrected chi connectivity index (χ1v) is 6.10. The Labute approximate surface area is 106 Å². The van der Waals surface area contributed by atoms with E-state index in [1.807, 2.05) is 24.3 Å². The standard InChI is InChI=1S/C12H17ClN2O2/c13-6-7-14-12(17)15-11-5-1-3-10(9-11)4-2-8-16/h1,3,5,9,16H,2,4,6-8H2,(H2,14,15,17). The van der Waals surface area contributed by atoms with Crippen molar-refractivity contribution < 1.29 is 9.90 Å². The third kappa shape index (κ3) is 5.56. The largest absolute Gasteiger partial charge is 0.396 e. The highest BCUT2D eigenvalue weighted by molar-refractivity contribution is 6.18. The molecule has 2 amide bonds. The molecule has 0 aliphatic carbocycles. The highest BCUT2D eigenvalue weighted by Crippen LogP contribution is 2.11. The van der Waals surface area contributed by atoms with Crippen LogP contribution < -0.4 is 10.6 Å². The first-order valence-electron chi connectivity index (χ1n) is 5.57. The second-order valence-corrected chi connectivity index (χ2v) is 3.98. The molecule has 0 fully saturated rings. The quantitative estimate of drug-likeness (QED) is 0.682. The number of hydrogen-bond acceptors (Lipinski definition) is 2. The number of alkyl halides is 1. The van der Waals surface area contributed by atoms with Crippen molar-refractivity contribution in [2.45, 2.75) is 12.8 Å². The minimum Gasteiger partial charge on any atom is -0.396 e. The summed E-state index contributed by atoms with van der Waals surface area (Å²) in [7, 11) is 0. The van der Waals surface area contributed by atoms with Crippen LogP contribution in [0.5, 0.6) is 0 Å². The lowest BCUT2D eigenvalue weighted by atomic mass is 10.1. The smallest absolute Gasteiger partial charge is 0.319 e. The van der Waals surface area contributed by atoms with Gasteiger partial charge >= 0.3 is 6.03 Å². The van der Waals surface area contributed by atoms with Gasteiger partial charge in [0, 0.05) is 24.7 Å². The minimum atomic E-state index is -0.259. The van der Waals surface area contributed by atoms with Gasteiger partial charge in [0.25, 0.3) is 0 Å². The van der Waals surface area contributed by atoms with Gasteiger partial charge < -0.3 is 15.7 Å². The predicted octanol–water partition coefficient (Wildman–Crippen LogP) is 1.97. The van der Waals surface area contributed by atoms with E-state index in [9.17, 15) is 4.79 Å². The number of anilines is 1. The third-order valence-corrected chi connectivity index (χ3v) is 2.38. The maximum absolute atomic E-state index is 11.4. The lowest BCUT2D eigenvalue weighted by Crippen LogP contribution is -2.30. The van der Waals surface area contributed by atoms with Crippen molar-refractivity contribution >= 4 is 23.3 Å². The molecule has 0 aromatic heterocycles. The molecule has 0 unspecified atom stereocenters. The molecule has 1 aromatic rings. The highest BCUT2D eigenvalue weighted by atomic mass is 35.5. The summed E-state index contributed by atoms with van der Waals surface area (Å²) >= 11 is 5.46. The summed E-state index contributed by atoms with van der Waals surface area (Å²) in [5.41, 5.74) is 1.83. The van der Waals surface area contributed by atoms with Crippen LogP contribution in [0.3, 0.4) is 0 Å².